The highest BCUT2D eigenvalue weighted by Gasteiger charge is 2.44. The first-order valence-corrected chi connectivity index (χ1v) is 16.3. The molecular formula is C37H40F2N4O6. The molecule has 49 heavy (non-hydrogen) atoms. The minimum absolute atomic E-state index is 0.0762. The maximum absolute atomic E-state index is 14.3. The number of halogens is 2. The topological polar surface area (TPSA) is 117 Å². The predicted octanol–water partition coefficient (Wildman–Crippen LogP) is 5.11. The summed E-state index contributed by atoms with van der Waals surface area (Å²) in [7, 11) is 1.40. The van der Waals surface area contributed by atoms with Gasteiger partial charge in [-0.3, -0.25) is 19.8 Å². The molecule has 2 aliphatic rings. The Morgan fingerprint density at radius 1 is 0.959 bits per heavy atom. The van der Waals surface area contributed by atoms with Gasteiger partial charge in [0.2, 0.25) is 5.91 Å². The van der Waals surface area contributed by atoms with Crippen molar-refractivity contribution in [3.63, 3.8) is 0 Å². The summed E-state index contributed by atoms with van der Waals surface area (Å²) in [4.78, 5) is 56.7. The van der Waals surface area contributed by atoms with Crippen LogP contribution in [0.15, 0.2) is 90.3 Å². The van der Waals surface area contributed by atoms with Gasteiger partial charge in [-0.25, -0.2) is 18.4 Å². The van der Waals surface area contributed by atoms with Crippen LogP contribution in [0.5, 0.6) is 0 Å². The molecule has 10 nitrogen and oxygen atoms in total. The van der Waals surface area contributed by atoms with E-state index in [1.54, 1.807) is 31.2 Å². The first kappa shape index (κ1) is 35.2. The molecule has 2 heterocycles. The summed E-state index contributed by atoms with van der Waals surface area (Å²) >= 11 is 0. The quantitative estimate of drug-likeness (QED) is 0.257. The van der Waals surface area contributed by atoms with Crippen molar-refractivity contribution in [1.82, 2.24) is 20.4 Å². The molecular weight excluding hydrogens is 634 g/mol. The van der Waals surface area contributed by atoms with Crippen LogP contribution in [0.25, 0.3) is 0 Å². The largest absolute Gasteiger partial charge is 0.468 e. The molecule has 0 spiro atoms. The lowest BCUT2D eigenvalue weighted by molar-refractivity contribution is -0.149. The normalized spacial score (nSPS) is 17.5. The number of hydrogen-bond acceptors (Lipinski definition) is 7. The number of benzene rings is 3. The number of carbonyl (C=O) groups is 4. The summed E-state index contributed by atoms with van der Waals surface area (Å²) in [6.45, 7) is 3.58. The van der Waals surface area contributed by atoms with Crippen molar-refractivity contribution in [2.24, 2.45) is 0 Å². The molecule has 5 rings (SSSR count). The van der Waals surface area contributed by atoms with Crippen LogP contribution in [0.4, 0.5) is 13.6 Å². The maximum atomic E-state index is 14.3. The van der Waals surface area contributed by atoms with Gasteiger partial charge >= 0.3 is 18.0 Å². The highest BCUT2D eigenvalue weighted by atomic mass is 19.2. The molecule has 3 aromatic rings. The van der Waals surface area contributed by atoms with E-state index in [2.05, 4.69) is 15.5 Å². The molecule has 0 bridgehead atoms. The van der Waals surface area contributed by atoms with Gasteiger partial charge in [-0.05, 0) is 74.6 Å². The monoisotopic (exact) mass is 674 g/mol. The van der Waals surface area contributed by atoms with Gasteiger partial charge in [-0.2, -0.15) is 0 Å². The molecule has 3 aromatic carbocycles. The van der Waals surface area contributed by atoms with Gasteiger partial charge < -0.3 is 19.7 Å². The van der Waals surface area contributed by atoms with E-state index in [0.29, 0.717) is 44.5 Å². The molecule has 0 aliphatic carbocycles. The van der Waals surface area contributed by atoms with Gasteiger partial charge in [0, 0.05) is 13.0 Å². The van der Waals surface area contributed by atoms with Crippen LogP contribution < -0.4 is 10.6 Å². The van der Waals surface area contributed by atoms with Crippen LogP contribution in [-0.4, -0.2) is 67.0 Å². The number of nitrogens with zero attached hydrogens (tertiary/aromatic N) is 2. The van der Waals surface area contributed by atoms with Crippen molar-refractivity contribution in [3.05, 3.63) is 119 Å². The third kappa shape index (κ3) is 7.97. The number of rotatable bonds is 12. The second-order valence-electron chi connectivity index (χ2n) is 12.1. The lowest BCUT2D eigenvalue weighted by Gasteiger charge is -2.40. The molecule has 1 unspecified atom stereocenters. The highest BCUT2D eigenvalue weighted by molar-refractivity contribution is 5.96. The van der Waals surface area contributed by atoms with E-state index in [1.165, 1.54) is 18.1 Å². The first-order valence-electron chi connectivity index (χ1n) is 16.3. The van der Waals surface area contributed by atoms with E-state index in [1.807, 2.05) is 36.4 Å². The van der Waals surface area contributed by atoms with E-state index in [9.17, 15) is 28.0 Å². The summed E-state index contributed by atoms with van der Waals surface area (Å²) in [5.74, 6) is -3.76. The zero-order chi connectivity index (χ0) is 35.0. The van der Waals surface area contributed by atoms with Gasteiger partial charge in [0.15, 0.2) is 11.6 Å². The van der Waals surface area contributed by atoms with E-state index in [4.69, 9.17) is 9.47 Å². The number of piperidine rings is 1. The van der Waals surface area contributed by atoms with Crippen molar-refractivity contribution in [2.75, 3.05) is 33.3 Å². The van der Waals surface area contributed by atoms with Gasteiger partial charge in [-0.1, -0.05) is 66.7 Å². The van der Waals surface area contributed by atoms with Gasteiger partial charge in [0.25, 0.3) is 0 Å². The number of hydrogen-bond donors (Lipinski definition) is 2. The molecule has 1 fully saturated rings. The Kier molecular flexibility index (Phi) is 11.4. The van der Waals surface area contributed by atoms with Crippen LogP contribution in [0.1, 0.15) is 55.3 Å². The molecule has 2 aliphatic heterocycles. The Balaban J connectivity index is 1.32. The fourth-order valence-corrected chi connectivity index (χ4v) is 6.49. The van der Waals surface area contributed by atoms with E-state index < -0.39 is 35.1 Å². The second kappa shape index (κ2) is 15.9. The molecule has 258 valence electrons. The lowest BCUT2D eigenvalue weighted by atomic mass is 9.72. The number of amides is 3. The maximum Gasteiger partial charge on any atom is 0.340 e. The Bertz CT molecular complexity index is 1690. The summed E-state index contributed by atoms with van der Waals surface area (Å²) in [6.07, 6.45) is 1.72. The zero-order valence-corrected chi connectivity index (χ0v) is 27.5. The molecule has 1 saturated heterocycles. The Morgan fingerprint density at radius 3 is 2.27 bits per heavy atom. The molecule has 0 radical (unpaired) electrons. The van der Waals surface area contributed by atoms with Crippen LogP contribution in [-0.2, 0) is 35.9 Å². The second-order valence-corrected chi connectivity index (χ2v) is 12.1. The predicted molar refractivity (Wildman–Crippen MR) is 176 cm³/mol. The number of nitrogens with one attached hydrogen (secondary N) is 2. The fourth-order valence-electron chi connectivity index (χ4n) is 6.49. The van der Waals surface area contributed by atoms with Gasteiger partial charge in [-0.15, -0.1) is 0 Å². The number of esters is 2. The average Bonchev–Trinajstić information content (AvgIpc) is 3.12. The average molecular weight is 675 g/mol. The minimum atomic E-state index is -1.22. The van der Waals surface area contributed by atoms with Gasteiger partial charge in [0.1, 0.15) is 18.0 Å². The van der Waals surface area contributed by atoms with E-state index in [-0.39, 0.29) is 48.4 Å². The van der Waals surface area contributed by atoms with E-state index in [0.717, 1.165) is 17.7 Å². The Morgan fingerprint density at radius 2 is 1.63 bits per heavy atom. The number of methoxy groups -OCH3 is 1. The fraction of sp³-hybridized carbons (Fsp3) is 0.351. The molecule has 1 atom stereocenters. The Hall–Kier alpha value is -5.10. The van der Waals surface area contributed by atoms with Gasteiger partial charge in [0.05, 0.1) is 18.6 Å². The summed E-state index contributed by atoms with van der Waals surface area (Å²) < 4.78 is 39.0. The molecule has 0 aromatic heterocycles. The summed E-state index contributed by atoms with van der Waals surface area (Å²) in [6, 6.07) is 19.7. The van der Waals surface area contributed by atoms with Crippen LogP contribution in [0, 0.1) is 11.6 Å². The molecule has 12 heteroatoms. The number of carbonyl (C=O) groups excluding carboxylic acids is 4. The Labute approximate surface area is 284 Å². The summed E-state index contributed by atoms with van der Waals surface area (Å²) in [5, 5.41) is 5.19. The van der Waals surface area contributed by atoms with Crippen molar-refractivity contribution in [2.45, 2.75) is 50.7 Å². The number of likely N-dealkylation sites (tertiary alicyclic amines) is 1. The standard InChI is InChI=1S/C37H40F2N4O6/c1-3-43(30(44)15-10-20-42-21-18-37(19-22-42,35(46)48-2)27-13-8-5-9-14-27)33-31(34(45)49-24-25-11-6-4-7-12-25)32(40-36(47)41-33)26-16-17-28(38)29(39)23-26/h4-9,11-14,16-17,23,32H,3,10,15,18-22,24H2,1-2H3,(H2,40,41,47). The SMILES string of the molecule is CCN(C(=O)CCCN1CCC(C(=O)OC)(c2ccccc2)CC1)C1=C(C(=O)OCc2ccccc2)C(c2ccc(F)c(F)c2)NC(=O)N1. The highest BCUT2D eigenvalue weighted by Crippen LogP contribution is 2.37. The molecule has 3 amide bonds. The zero-order valence-electron chi connectivity index (χ0n) is 27.5. The van der Waals surface area contributed by atoms with Crippen LogP contribution in [0.2, 0.25) is 0 Å². The van der Waals surface area contributed by atoms with Crippen molar-refractivity contribution >= 4 is 23.9 Å². The van der Waals surface area contributed by atoms with Crippen LogP contribution >= 0.6 is 0 Å². The third-order valence-corrected chi connectivity index (χ3v) is 9.13. The minimum Gasteiger partial charge on any atom is -0.468 e. The molecule has 2 N–H and O–H groups in total. The van der Waals surface area contributed by atoms with Crippen molar-refractivity contribution in [3.8, 4) is 0 Å². The smallest absolute Gasteiger partial charge is 0.340 e. The number of ether oxygens (including phenoxy) is 2. The molecule has 0 saturated carbocycles. The van der Waals surface area contributed by atoms with Crippen LogP contribution in [0.3, 0.4) is 0 Å². The van der Waals surface area contributed by atoms with Crippen molar-refractivity contribution in [1.29, 1.82) is 0 Å². The lowest BCUT2D eigenvalue weighted by Crippen LogP contribution is -2.51. The third-order valence-electron chi connectivity index (χ3n) is 9.13. The van der Waals surface area contributed by atoms with E-state index >= 15 is 0 Å². The first-order chi connectivity index (χ1) is 23.7. The van der Waals surface area contributed by atoms with Crippen molar-refractivity contribution < 1.29 is 37.4 Å². The number of urea groups is 1. The summed E-state index contributed by atoms with van der Waals surface area (Å²) in [5.41, 5.74) is 0.894.